The molecule has 0 aliphatic heterocycles. The minimum absolute atomic E-state index is 0.0380. The summed E-state index contributed by atoms with van der Waals surface area (Å²) in [5.41, 5.74) is 6.94. The summed E-state index contributed by atoms with van der Waals surface area (Å²) in [6, 6.07) is 9.03. The van der Waals surface area contributed by atoms with E-state index in [0.717, 1.165) is 5.56 Å². The quantitative estimate of drug-likeness (QED) is 0.882. The first-order valence-electron chi connectivity index (χ1n) is 7.32. The zero-order valence-electron chi connectivity index (χ0n) is 13.3. The number of nitrogens with two attached hydrogens (primary N) is 1. The number of nitrogens with zero attached hydrogens (tertiary/aromatic N) is 1. The van der Waals surface area contributed by atoms with E-state index in [4.69, 9.17) is 17.3 Å². The molecule has 3 N–H and O–H groups in total. The normalized spacial score (nSPS) is 13.4. The lowest BCUT2D eigenvalue weighted by atomic mass is 9.93. The van der Waals surface area contributed by atoms with Crippen molar-refractivity contribution in [2.45, 2.75) is 25.8 Å². The number of carbonyl (C=O) groups excluding carboxylic acids is 2. The number of hydrogen-bond donors (Lipinski definition) is 2. The Kier molecular flexibility index (Phi) is 5.11. The summed E-state index contributed by atoms with van der Waals surface area (Å²) in [4.78, 5) is 28.1. The standard InChI is InChI=1S/C17H20ClN3O2/c1-10(12-4-6-14(18)7-5-12)11(2)21(3)17(23)15-8-13(9-20-15)16(19)22/h4-11,20H,1-3H3,(H2,19,22)/t10-,11+/m0/s1. The first-order valence-corrected chi connectivity index (χ1v) is 7.70. The van der Waals surface area contributed by atoms with E-state index in [9.17, 15) is 9.59 Å². The second-order valence-corrected chi connectivity index (χ2v) is 6.10. The van der Waals surface area contributed by atoms with Crippen LogP contribution >= 0.6 is 11.6 Å². The largest absolute Gasteiger partial charge is 0.366 e. The van der Waals surface area contributed by atoms with Crippen LogP contribution in [0.1, 0.15) is 46.2 Å². The minimum Gasteiger partial charge on any atom is -0.366 e. The van der Waals surface area contributed by atoms with E-state index >= 15 is 0 Å². The Morgan fingerprint density at radius 3 is 2.35 bits per heavy atom. The molecule has 2 aromatic rings. The molecule has 0 aliphatic carbocycles. The van der Waals surface area contributed by atoms with E-state index in [-0.39, 0.29) is 17.9 Å². The molecule has 0 spiro atoms. The number of primary amides is 1. The van der Waals surface area contributed by atoms with Crippen LogP contribution in [0, 0.1) is 0 Å². The van der Waals surface area contributed by atoms with Crippen LogP contribution in [0.15, 0.2) is 36.5 Å². The van der Waals surface area contributed by atoms with E-state index in [1.54, 1.807) is 11.9 Å². The van der Waals surface area contributed by atoms with Crippen molar-refractivity contribution in [3.05, 3.63) is 58.4 Å². The van der Waals surface area contributed by atoms with Crippen molar-refractivity contribution in [1.29, 1.82) is 0 Å². The van der Waals surface area contributed by atoms with Gasteiger partial charge in [-0.3, -0.25) is 9.59 Å². The van der Waals surface area contributed by atoms with Crippen molar-refractivity contribution >= 4 is 23.4 Å². The number of nitrogens with one attached hydrogen (secondary N) is 1. The van der Waals surface area contributed by atoms with E-state index in [2.05, 4.69) is 11.9 Å². The summed E-state index contributed by atoms with van der Waals surface area (Å²) in [5, 5.41) is 0.684. The van der Waals surface area contributed by atoms with Crippen molar-refractivity contribution < 1.29 is 9.59 Å². The molecular formula is C17H20ClN3O2. The van der Waals surface area contributed by atoms with Crippen LogP contribution in [0.3, 0.4) is 0 Å². The van der Waals surface area contributed by atoms with Gasteiger partial charge in [-0.15, -0.1) is 0 Å². The summed E-state index contributed by atoms with van der Waals surface area (Å²) >= 11 is 5.91. The first-order chi connectivity index (χ1) is 10.8. The number of likely N-dealkylation sites (N-methyl/N-ethyl adjacent to an activating group) is 1. The van der Waals surface area contributed by atoms with Gasteiger partial charge < -0.3 is 15.6 Å². The van der Waals surface area contributed by atoms with Crippen LogP contribution < -0.4 is 5.73 Å². The minimum atomic E-state index is -0.564. The number of aromatic nitrogens is 1. The number of rotatable bonds is 5. The second kappa shape index (κ2) is 6.87. The van der Waals surface area contributed by atoms with E-state index in [1.807, 2.05) is 31.2 Å². The Morgan fingerprint density at radius 1 is 1.22 bits per heavy atom. The van der Waals surface area contributed by atoms with Crippen LogP contribution in [-0.4, -0.2) is 34.8 Å². The van der Waals surface area contributed by atoms with Gasteiger partial charge in [0.2, 0.25) is 5.91 Å². The summed E-state index contributed by atoms with van der Waals surface area (Å²) < 4.78 is 0. The molecule has 1 aromatic carbocycles. The van der Waals surface area contributed by atoms with Crippen LogP contribution in [0.2, 0.25) is 5.02 Å². The first kappa shape index (κ1) is 17.1. The molecule has 2 rings (SSSR count). The predicted octanol–water partition coefficient (Wildman–Crippen LogP) is 3.03. The van der Waals surface area contributed by atoms with Gasteiger partial charge in [-0.25, -0.2) is 0 Å². The van der Waals surface area contributed by atoms with Gasteiger partial charge in [0, 0.05) is 30.2 Å². The Morgan fingerprint density at radius 2 is 1.83 bits per heavy atom. The Labute approximate surface area is 140 Å². The van der Waals surface area contributed by atoms with Gasteiger partial charge in [0.05, 0.1) is 5.56 Å². The molecule has 0 saturated heterocycles. The molecule has 0 radical (unpaired) electrons. The van der Waals surface area contributed by atoms with Crippen molar-refractivity contribution in [1.82, 2.24) is 9.88 Å². The molecule has 0 saturated carbocycles. The number of halogens is 1. The maximum absolute atomic E-state index is 12.5. The Balaban J connectivity index is 2.14. The topological polar surface area (TPSA) is 79.2 Å². The lowest BCUT2D eigenvalue weighted by Gasteiger charge is -2.30. The summed E-state index contributed by atoms with van der Waals surface area (Å²) in [7, 11) is 1.74. The predicted molar refractivity (Wildman–Crippen MR) is 90.7 cm³/mol. The lowest BCUT2D eigenvalue weighted by Crippen LogP contribution is -2.38. The van der Waals surface area contributed by atoms with Gasteiger partial charge in [-0.05, 0) is 30.7 Å². The number of aromatic amines is 1. The summed E-state index contributed by atoms with van der Waals surface area (Å²) in [6.07, 6.45) is 1.44. The van der Waals surface area contributed by atoms with Crippen molar-refractivity contribution in [2.24, 2.45) is 5.73 Å². The van der Waals surface area contributed by atoms with Crippen LogP contribution in [0.4, 0.5) is 0 Å². The molecule has 2 atom stereocenters. The highest BCUT2D eigenvalue weighted by atomic mass is 35.5. The maximum Gasteiger partial charge on any atom is 0.270 e. The van der Waals surface area contributed by atoms with Gasteiger partial charge in [-0.1, -0.05) is 30.7 Å². The molecule has 23 heavy (non-hydrogen) atoms. The molecule has 2 amide bonds. The van der Waals surface area contributed by atoms with Gasteiger partial charge in [0.25, 0.3) is 5.91 Å². The van der Waals surface area contributed by atoms with E-state index in [1.165, 1.54) is 12.3 Å². The van der Waals surface area contributed by atoms with E-state index < -0.39 is 5.91 Å². The molecule has 1 heterocycles. The molecule has 6 heteroatoms. The lowest BCUT2D eigenvalue weighted by molar-refractivity contribution is 0.0721. The summed E-state index contributed by atoms with van der Waals surface area (Å²) in [6.45, 7) is 4.04. The van der Waals surface area contributed by atoms with Crippen LogP contribution in [-0.2, 0) is 0 Å². The van der Waals surface area contributed by atoms with Gasteiger partial charge in [0.1, 0.15) is 5.69 Å². The highest BCUT2D eigenvalue weighted by molar-refractivity contribution is 6.30. The third kappa shape index (κ3) is 3.74. The maximum atomic E-state index is 12.5. The van der Waals surface area contributed by atoms with Gasteiger partial charge in [-0.2, -0.15) is 0 Å². The molecule has 0 aliphatic rings. The van der Waals surface area contributed by atoms with Crippen LogP contribution in [0.5, 0.6) is 0 Å². The molecule has 0 unspecified atom stereocenters. The number of amides is 2. The van der Waals surface area contributed by atoms with Crippen molar-refractivity contribution in [2.75, 3.05) is 7.05 Å². The summed E-state index contributed by atoms with van der Waals surface area (Å²) in [5.74, 6) is -0.622. The Bertz CT molecular complexity index is 709. The van der Waals surface area contributed by atoms with E-state index in [0.29, 0.717) is 16.3 Å². The molecule has 5 nitrogen and oxygen atoms in total. The molecule has 0 fully saturated rings. The second-order valence-electron chi connectivity index (χ2n) is 5.66. The number of carbonyl (C=O) groups is 2. The average molecular weight is 334 g/mol. The average Bonchev–Trinajstić information content (AvgIpc) is 3.03. The fraction of sp³-hybridized carbons (Fsp3) is 0.294. The molecule has 0 bridgehead atoms. The number of H-pyrrole nitrogens is 1. The smallest absolute Gasteiger partial charge is 0.270 e. The molecule has 1 aromatic heterocycles. The monoisotopic (exact) mass is 333 g/mol. The molecular weight excluding hydrogens is 314 g/mol. The number of hydrogen-bond acceptors (Lipinski definition) is 2. The Hall–Kier alpha value is -2.27. The van der Waals surface area contributed by atoms with Gasteiger partial charge >= 0.3 is 0 Å². The zero-order chi connectivity index (χ0) is 17.1. The third-order valence-electron chi connectivity index (χ3n) is 4.25. The van der Waals surface area contributed by atoms with Crippen molar-refractivity contribution in [3.8, 4) is 0 Å². The SMILES string of the molecule is C[C@H](c1ccc(Cl)cc1)[C@@H](C)N(C)C(=O)c1cc(C(N)=O)c[nH]1. The highest BCUT2D eigenvalue weighted by Gasteiger charge is 2.24. The van der Waals surface area contributed by atoms with Gasteiger partial charge in [0.15, 0.2) is 0 Å². The van der Waals surface area contributed by atoms with Crippen LogP contribution in [0.25, 0.3) is 0 Å². The van der Waals surface area contributed by atoms with Crippen molar-refractivity contribution in [3.63, 3.8) is 0 Å². The highest BCUT2D eigenvalue weighted by Crippen LogP contribution is 2.24. The fourth-order valence-corrected chi connectivity index (χ4v) is 2.54. The third-order valence-corrected chi connectivity index (χ3v) is 4.50. The number of benzene rings is 1. The zero-order valence-corrected chi connectivity index (χ0v) is 14.1. The molecule has 122 valence electrons. The fourth-order valence-electron chi connectivity index (χ4n) is 2.42.